The monoisotopic (exact) mass is 374 g/mol. The molecular weight excluding hydrogens is 353 g/mol. The lowest BCUT2D eigenvalue weighted by Gasteiger charge is -2.32. The SMILES string of the molecule is Cl.Fc1ccc(C(Nc2ccc(F)c(F)c2)C2CCNCC2)cc1.O. The van der Waals surface area contributed by atoms with E-state index < -0.39 is 11.6 Å². The Morgan fingerprint density at radius 1 is 0.920 bits per heavy atom. The molecule has 7 heteroatoms. The zero-order valence-corrected chi connectivity index (χ0v) is 14.4. The molecule has 1 unspecified atom stereocenters. The van der Waals surface area contributed by atoms with Gasteiger partial charge >= 0.3 is 0 Å². The van der Waals surface area contributed by atoms with Crippen LogP contribution in [0, 0.1) is 23.4 Å². The van der Waals surface area contributed by atoms with E-state index in [1.165, 1.54) is 18.2 Å². The van der Waals surface area contributed by atoms with Crippen LogP contribution in [0.25, 0.3) is 0 Å². The molecule has 1 aliphatic rings. The highest BCUT2D eigenvalue weighted by Gasteiger charge is 2.25. The van der Waals surface area contributed by atoms with Crippen molar-refractivity contribution < 1.29 is 18.6 Å². The van der Waals surface area contributed by atoms with Gasteiger partial charge in [-0.1, -0.05) is 12.1 Å². The van der Waals surface area contributed by atoms with Crippen molar-refractivity contribution in [1.82, 2.24) is 5.32 Å². The normalized spacial score (nSPS) is 15.6. The lowest BCUT2D eigenvalue weighted by Crippen LogP contribution is -2.33. The van der Waals surface area contributed by atoms with E-state index in [0.717, 1.165) is 43.6 Å². The third kappa shape index (κ3) is 5.36. The first-order valence-electron chi connectivity index (χ1n) is 7.81. The third-order valence-electron chi connectivity index (χ3n) is 4.33. The van der Waals surface area contributed by atoms with Crippen molar-refractivity contribution in [2.24, 2.45) is 5.92 Å². The number of hydrogen-bond acceptors (Lipinski definition) is 2. The van der Waals surface area contributed by atoms with Crippen LogP contribution in [0.4, 0.5) is 18.9 Å². The first-order valence-corrected chi connectivity index (χ1v) is 7.81. The number of nitrogens with one attached hydrogen (secondary N) is 2. The van der Waals surface area contributed by atoms with Crippen molar-refractivity contribution in [3.05, 3.63) is 65.5 Å². The molecule has 0 bridgehead atoms. The van der Waals surface area contributed by atoms with Crippen LogP contribution in [0.3, 0.4) is 0 Å². The molecule has 2 aromatic carbocycles. The maximum Gasteiger partial charge on any atom is 0.160 e. The Balaban J connectivity index is 0.00000156. The summed E-state index contributed by atoms with van der Waals surface area (Å²) in [7, 11) is 0. The summed E-state index contributed by atoms with van der Waals surface area (Å²) in [4.78, 5) is 0. The van der Waals surface area contributed by atoms with Gasteiger partial charge in [-0.3, -0.25) is 0 Å². The smallest absolute Gasteiger partial charge is 0.160 e. The van der Waals surface area contributed by atoms with E-state index in [1.54, 1.807) is 12.1 Å². The molecule has 0 radical (unpaired) electrons. The number of hydrogen-bond donors (Lipinski definition) is 2. The van der Waals surface area contributed by atoms with E-state index in [0.29, 0.717) is 11.6 Å². The summed E-state index contributed by atoms with van der Waals surface area (Å²) in [6.45, 7) is 1.84. The summed E-state index contributed by atoms with van der Waals surface area (Å²) in [5, 5.41) is 6.61. The highest BCUT2D eigenvalue weighted by molar-refractivity contribution is 5.85. The Kier molecular flexibility index (Phi) is 8.22. The molecule has 25 heavy (non-hydrogen) atoms. The molecule has 1 saturated heterocycles. The predicted molar refractivity (Wildman–Crippen MR) is 95.6 cm³/mol. The van der Waals surface area contributed by atoms with Crippen LogP contribution in [0.15, 0.2) is 42.5 Å². The fraction of sp³-hybridized carbons (Fsp3) is 0.333. The first kappa shape index (κ1) is 21.3. The van der Waals surface area contributed by atoms with Crippen LogP contribution >= 0.6 is 12.4 Å². The number of anilines is 1. The van der Waals surface area contributed by atoms with Crippen LogP contribution in [0.5, 0.6) is 0 Å². The summed E-state index contributed by atoms with van der Waals surface area (Å²) in [6, 6.07) is 10.1. The molecule has 0 saturated carbocycles. The molecule has 1 heterocycles. The lowest BCUT2D eigenvalue weighted by molar-refractivity contribution is 0.335. The topological polar surface area (TPSA) is 55.6 Å². The number of halogens is 4. The number of benzene rings is 2. The Morgan fingerprint density at radius 3 is 2.16 bits per heavy atom. The Morgan fingerprint density at radius 2 is 1.56 bits per heavy atom. The van der Waals surface area contributed by atoms with Gasteiger partial charge in [0.25, 0.3) is 0 Å². The minimum atomic E-state index is -0.877. The van der Waals surface area contributed by atoms with Gasteiger partial charge < -0.3 is 16.1 Å². The van der Waals surface area contributed by atoms with Crippen LogP contribution in [0.1, 0.15) is 24.4 Å². The summed E-state index contributed by atoms with van der Waals surface area (Å²) < 4.78 is 39.8. The summed E-state index contributed by atoms with van der Waals surface area (Å²) in [5.74, 6) is -1.69. The van der Waals surface area contributed by atoms with Gasteiger partial charge in [-0.15, -0.1) is 12.4 Å². The first-order chi connectivity index (χ1) is 11.1. The van der Waals surface area contributed by atoms with Gasteiger partial charge in [0.2, 0.25) is 0 Å². The van der Waals surface area contributed by atoms with Crippen molar-refractivity contribution in [2.45, 2.75) is 18.9 Å². The Labute approximate surface area is 151 Å². The maximum absolute atomic E-state index is 13.5. The van der Waals surface area contributed by atoms with Crippen molar-refractivity contribution in [3.63, 3.8) is 0 Å². The quantitative estimate of drug-likeness (QED) is 0.854. The van der Waals surface area contributed by atoms with Gasteiger partial charge in [0.05, 0.1) is 6.04 Å². The lowest BCUT2D eigenvalue weighted by atomic mass is 9.85. The van der Waals surface area contributed by atoms with E-state index in [2.05, 4.69) is 10.6 Å². The molecule has 1 atom stereocenters. The molecule has 4 N–H and O–H groups in total. The van der Waals surface area contributed by atoms with Gasteiger partial charge in [-0.25, -0.2) is 13.2 Å². The second kappa shape index (κ2) is 9.65. The molecule has 138 valence electrons. The molecule has 3 rings (SSSR count). The van der Waals surface area contributed by atoms with E-state index in [4.69, 9.17) is 0 Å². The molecule has 0 amide bonds. The predicted octanol–water partition coefficient (Wildman–Crippen LogP) is 3.85. The van der Waals surface area contributed by atoms with Crippen molar-refractivity contribution in [2.75, 3.05) is 18.4 Å². The van der Waals surface area contributed by atoms with Gasteiger partial charge in [-0.05, 0) is 61.7 Å². The van der Waals surface area contributed by atoms with Crippen molar-refractivity contribution in [3.8, 4) is 0 Å². The highest BCUT2D eigenvalue weighted by atomic mass is 35.5. The summed E-state index contributed by atoms with van der Waals surface area (Å²) >= 11 is 0. The highest BCUT2D eigenvalue weighted by Crippen LogP contribution is 2.32. The van der Waals surface area contributed by atoms with Crippen molar-refractivity contribution in [1.29, 1.82) is 0 Å². The second-order valence-corrected chi connectivity index (χ2v) is 5.89. The zero-order valence-electron chi connectivity index (χ0n) is 13.6. The fourth-order valence-corrected chi connectivity index (χ4v) is 3.09. The van der Waals surface area contributed by atoms with Crippen LogP contribution in [-0.4, -0.2) is 18.6 Å². The van der Waals surface area contributed by atoms with Gasteiger partial charge in [0.1, 0.15) is 5.82 Å². The van der Waals surface area contributed by atoms with Crippen LogP contribution in [0.2, 0.25) is 0 Å². The molecule has 0 spiro atoms. The van der Waals surface area contributed by atoms with Gasteiger partial charge in [0.15, 0.2) is 11.6 Å². The van der Waals surface area contributed by atoms with E-state index in [1.807, 2.05) is 0 Å². The van der Waals surface area contributed by atoms with Crippen LogP contribution < -0.4 is 10.6 Å². The molecule has 3 nitrogen and oxygen atoms in total. The van der Waals surface area contributed by atoms with Crippen molar-refractivity contribution >= 4 is 18.1 Å². The second-order valence-electron chi connectivity index (χ2n) is 5.89. The number of rotatable bonds is 4. The standard InChI is InChI=1S/C18H19F3N2.ClH.H2O/c19-14-3-1-12(2-4-14)18(13-7-9-22-10-8-13)23-15-5-6-16(20)17(21)11-15;;/h1-6,11,13,18,22-23H,7-10H2;1H;1H2. The van der Waals surface area contributed by atoms with Gasteiger partial charge in [0, 0.05) is 11.8 Å². The molecule has 2 aromatic rings. The fourth-order valence-electron chi connectivity index (χ4n) is 3.09. The van der Waals surface area contributed by atoms with E-state index >= 15 is 0 Å². The third-order valence-corrected chi connectivity index (χ3v) is 4.33. The summed E-state index contributed by atoms with van der Waals surface area (Å²) in [6.07, 6.45) is 1.94. The average Bonchev–Trinajstić information content (AvgIpc) is 2.58. The Bertz CT molecular complexity index is 664. The zero-order chi connectivity index (χ0) is 16.2. The average molecular weight is 375 g/mol. The van der Waals surface area contributed by atoms with E-state index in [9.17, 15) is 13.2 Å². The summed E-state index contributed by atoms with van der Waals surface area (Å²) in [5.41, 5.74) is 1.47. The number of piperidine rings is 1. The molecule has 0 aromatic heterocycles. The maximum atomic E-state index is 13.5. The Hall–Kier alpha value is -1.76. The molecule has 1 fully saturated rings. The van der Waals surface area contributed by atoms with Crippen LogP contribution in [-0.2, 0) is 0 Å². The molecule has 0 aliphatic carbocycles. The minimum absolute atomic E-state index is 0. The van der Waals surface area contributed by atoms with E-state index in [-0.39, 0.29) is 29.7 Å². The molecule has 1 aliphatic heterocycles. The molecular formula is C18H22ClF3N2O. The minimum Gasteiger partial charge on any atom is -0.412 e. The largest absolute Gasteiger partial charge is 0.412 e. The van der Waals surface area contributed by atoms with Gasteiger partial charge in [-0.2, -0.15) is 0 Å².